The molecule has 2 amide bonds. The Kier molecular flexibility index (Phi) is 7.67. The van der Waals surface area contributed by atoms with Crippen LogP contribution in [0.2, 0.25) is 0 Å². The van der Waals surface area contributed by atoms with Gasteiger partial charge in [0.05, 0.1) is 6.61 Å². The third-order valence-corrected chi connectivity index (χ3v) is 3.83. The maximum Gasteiger partial charge on any atom is 0.276 e. The molecule has 0 bridgehead atoms. The molecule has 6 nitrogen and oxygen atoms in total. The van der Waals surface area contributed by atoms with Gasteiger partial charge in [-0.05, 0) is 49.1 Å². The maximum absolute atomic E-state index is 12.2. The van der Waals surface area contributed by atoms with Crippen LogP contribution in [0.5, 0.6) is 11.5 Å². The van der Waals surface area contributed by atoms with Crippen LogP contribution in [-0.4, -0.2) is 25.0 Å². The molecule has 6 heteroatoms. The van der Waals surface area contributed by atoms with Gasteiger partial charge in [0, 0.05) is 5.56 Å². The molecule has 0 heterocycles. The van der Waals surface area contributed by atoms with E-state index in [1.165, 1.54) is 0 Å². The van der Waals surface area contributed by atoms with Gasteiger partial charge in [0.1, 0.15) is 11.5 Å². The van der Waals surface area contributed by atoms with Crippen molar-refractivity contribution < 1.29 is 19.1 Å². The molecule has 0 aliphatic rings. The first-order chi connectivity index (χ1) is 13.0. The molecule has 144 valence electrons. The quantitative estimate of drug-likeness (QED) is 0.699. The molecule has 27 heavy (non-hydrogen) atoms. The summed E-state index contributed by atoms with van der Waals surface area (Å²) >= 11 is 0. The number of ether oxygens (including phenoxy) is 2. The Balaban J connectivity index is 1.79. The van der Waals surface area contributed by atoms with Gasteiger partial charge in [-0.2, -0.15) is 0 Å². The molecular weight excluding hydrogens is 344 g/mol. The van der Waals surface area contributed by atoms with E-state index < -0.39 is 11.8 Å². The molecule has 2 N–H and O–H groups in total. The van der Waals surface area contributed by atoms with Crippen molar-refractivity contribution in [2.45, 2.75) is 27.2 Å². The van der Waals surface area contributed by atoms with Crippen LogP contribution in [0.25, 0.3) is 0 Å². The second kappa shape index (κ2) is 10.2. The van der Waals surface area contributed by atoms with Crippen LogP contribution in [0.4, 0.5) is 0 Å². The Morgan fingerprint density at radius 3 is 2.52 bits per heavy atom. The first-order valence-corrected chi connectivity index (χ1v) is 8.96. The van der Waals surface area contributed by atoms with Crippen LogP contribution >= 0.6 is 0 Å². The maximum atomic E-state index is 12.2. The molecule has 0 atom stereocenters. The van der Waals surface area contributed by atoms with Crippen molar-refractivity contribution in [1.29, 1.82) is 0 Å². The molecule has 2 rings (SSSR count). The number of aryl methyl sites for hydroxylation is 1. The van der Waals surface area contributed by atoms with E-state index in [9.17, 15) is 9.59 Å². The van der Waals surface area contributed by atoms with Crippen molar-refractivity contribution in [2.24, 2.45) is 5.92 Å². The zero-order chi connectivity index (χ0) is 19.6. The minimum absolute atomic E-state index is 0.191. The molecule has 2 aromatic carbocycles. The fourth-order valence-electron chi connectivity index (χ4n) is 2.24. The van der Waals surface area contributed by atoms with E-state index in [4.69, 9.17) is 9.47 Å². The van der Waals surface area contributed by atoms with Crippen LogP contribution in [0.1, 0.15) is 36.2 Å². The number of rotatable bonds is 8. The molecule has 0 aromatic heterocycles. The minimum Gasteiger partial charge on any atom is -0.494 e. The second-order valence-electron chi connectivity index (χ2n) is 6.62. The number of hydrazine groups is 1. The monoisotopic (exact) mass is 370 g/mol. The highest BCUT2D eigenvalue weighted by atomic mass is 16.5. The van der Waals surface area contributed by atoms with Gasteiger partial charge in [-0.3, -0.25) is 20.4 Å². The van der Waals surface area contributed by atoms with Crippen LogP contribution in [0.3, 0.4) is 0 Å². The molecule has 0 saturated carbocycles. The van der Waals surface area contributed by atoms with Crippen LogP contribution in [-0.2, 0) is 4.79 Å². The van der Waals surface area contributed by atoms with Crippen molar-refractivity contribution >= 4 is 11.8 Å². The van der Waals surface area contributed by atoms with Gasteiger partial charge in [-0.15, -0.1) is 0 Å². The molecule has 0 fully saturated rings. The number of carbonyl (C=O) groups is 2. The standard InChI is InChI=1S/C21H26N2O4/c1-15(2)11-12-26-18-9-6-8-17(13-18)21(25)23-22-20(24)14-27-19-10-5-4-7-16(19)3/h4-10,13,15H,11-12,14H2,1-3H3,(H,22,24)(H,23,25). The fourth-order valence-corrected chi connectivity index (χ4v) is 2.24. The molecule has 0 spiro atoms. The van der Waals surface area contributed by atoms with Gasteiger partial charge in [-0.1, -0.05) is 38.1 Å². The van der Waals surface area contributed by atoms with Crippen LogP contribution < -0.4 is 20.3 Å². The second-order valence-corrected chi connectivity index (χ2v) is 6.62. The highest BCUT2D eigenvalue weighted by Crippen LogP contribution is 2.16. The molecule has 0 aliphatic carbocycles. The Morgan fingerprint density at radius 2 is 1.78 bits per heavy atom. The molecule has 0 saturated heterocycles. The van der Waals surface area contributed by atoms with Crippen molar-refractivity contribution in [2.75, 3.05) is 13.2 Å². The van der Waals surface area contributed by atoms with Gasteiger partial charge in [-0.25, -0.2) is 0 Å². The van der Waals surface area contributed by atoms with Gasteiger partial charge < -0.3 is 9.47 Å². The summed E-state index contributed by atoms with van der Waals surface area (Å²) in [6, 6.07) is 14.2. The van der Waals surface area contributed by atoms with Crippen molar-refractivity contribution in [3.8, 4) is 11.5 Å². The number of carbonyl (C=O) groups excluding carboxylic acids is 2. The van der Waals surface area contributed by atoms with Crippen molar-refractivity contribution in [1.82, 2.24) is 10.9 Å². The average Bonchev–Trinajstić information content (AvgIpc) is 2.65. The summed E-state index contributed by atoms with van der Waals surface area (Å²) in [6.45, 7) is 6.54. The Morgan fingerprint density at radius 1 is 1.00 bits per heavy atom. The van der Waals surface area contributed by atoms with Gasteiger partial charge >= 0.3 is 0 Å². The molecule has 0 aliphatic heterocycles. The van der Waals surface area contributed by atoms with Crippen LogP contribution in [0.15, 0.2) is 48.5 Å². The number of benzene rings is 2. The van der Waals surface area contributed by atoms with E-state index in [2.05, 4.69) is 24.7 Å². The first-order valence-electron chi connectivity index (χ1n) is 8.96. The number of nitrogens with one attached hydrogen (secondary N) is 2. The highest BCUT2D eigenvalue weighted by Gasteiger charge is 2.09. The van der Waals surface area contributed by atoms with Crippen molar-refractivity contribution in [3.05, 3.63) is 59.7 Å². The Bertz CT molecular complexity index is 774. The highest BCUT2D eigenvalue weighted by molar-refractivity contribution is 5.95. The number of hydrogen-bond donors (Lipinski definition) is 2. The predicted molar refractivity (Wildman–Crippen MR) is 104 cm³/mol. The van der Waals surface area contributed by atoms with Gasteiger partial charge in [0.2, 0.25) is 0 Å². The lowest BCUT2D eigenvalue weighted by Crippen LogP contribution is -2.43. The zero-order valence-corrected chi connectivity index (χ0v) is 16.0. The van der Waals surface area contributed by atoms with E-state index >= 15 is 0 Å². The molecular formula is C21H26N2O4. The topological polar surface area (TPSA) is 76.7 Å². The molecule has 0 unspecified atom stereocenters. The summed E-state index contributed by atoms with van der Waals surface area (Å²) in [5.74, 6) is 0.931. The predicted octanol–water partition coefficient (Wildman–Crippen LogP) is 3.26. The van der Waals surface area contributed by atoms with E-state index in [1.807, 2.05) is 25.1 Å². The summed E-state index contributed by atoms with van der Waals surface area (Å²) in [5.41, 5.74) is 6.06. The average molecular weight is 370 g/mol. The third kappa shape index (κ3) is 7.01. The smallest absolute Gasteiger partial charge is 0.276 e. The van der Waals surface area contributed by atoms with Gasteiger partial charge in [0.25, 0.3) is 11.8 Å². The minimum atomic E-state index is -0.448. The summed E-state index contributed by atoms with van der Waals surface area (Å²) in [7, 11) is 0. The molecule has 0 radical (unpaired) electrons. The lowest BCUT2D eigenvalue weighted by atomic mass is 10.1. The van der Waals surface area contributed by atoms with Crippen LogP contribution in [0, 0.1) is 12.8 Å². The van der Waals surface area contributed by atoms with E-state index in [1.54, 1.807) is 30.3 Å². The SMILES string of the molecule is Cc1ccccc1OCC(=O)NNC(=O)c1cccc(OCCC(C)C)c1. The van der Waals surface area contributed by atoms with Gasteiger partial charge in [0.15, 0.2) is 6.61 Å². The zero-order valence-electron chi connectivity index (χ0n) is 16.0. The van der Waals surface area contributed by atoms with Crippen molar-refractivity contribution in [3.63, 3.8) is 0 Å². The summed E-state index contributed by atoms with van der Waals surface area (Å²) in [5, 5.41) is 0. The van der Waals surface area contributed by atoms with E-state index in [0.717, 1.165) is 12.0 Å². The third-order valence-electron chi connectivity index (χ3n) is 3.83. The number of hydrogen-bond acceptors (Lipinski definition) is 4. The first kappa shape index (κ1) is 20.3. The lowest BCUT2D eigenvalue weighted by molar-refractivity contribution is -0.123. The Hall–Kier alpha value is -3.02. The Labute approximate surface area is 159 Å². The summed E-state index contributed by atoms with van der Waals surface area (Å²) in [4.78, 5) is 24.0. The largest absolute Gasteiger partial charge is 0.494 e. The van der Waals surface area contributed by atoms with E-state index in [0.29, 0.717) is 29.6 Å². The summed E-state index contributed by atoms with van der Waals surface area (Å²) < 4.78 is 11.1. The van der Waals surface area contributed by atoms with E-state index in [-0.39, 0.29) is 6.61 Å². The lowest BCUT2D eigenvalue weighted by Gasteiger charge is -2.11. The number of para-hydroxylation sites is 1. The molecule has 2 aromatic rings. The number of amides is 2. The fraction of sp³-hybridized carbons (Fsp3) is 0.333. The normalized spacial score (nSPS) is 10.4. The summed E-state index contributed by atoms with van der Waals surface area (Å²) in [6.07, 6.45) is 0.938.